The zero-order chi connectivity index (χ0) is 8.60. The van der Waals surface area contributed by atoms with E-state index in [2.05, 4.69) is 20.6 Å². The lowest BCUT2D eigenvalue weighted by Gasteiger charge is -2.28. The number of hydrogen-bond donors (Lipinski definition) is 3. The molecule has 6 heteroatoms. The lowest BCUT2D eigenvalue weighted by Crippen LogP contribution is -2.63. The van der Waals surface area contributed by atoms with Gasteiger partial charge in [-0.3, -0.25) is 4.79 Å². The highest BCUT2D eigenvalue weighted by Crippen LogP contribution is 2.15. The molecule has 1 unspecified atom stereocenters. The van der Waals surface area contributed by atoms with Crippen LogP contribution in [0.3, 0.4) is 0 Å². The second kappa shape index (κ2) is 2.28. The van der Waals surface area contributed by atoms with Crippen LogP contribution in [-0.2, 0) is 4.79 Å². The maximum absolute atomic E-state index is 11.3. The van der Waals surface area contributed by atoms with E-state index < -0.39 is 5.54 Å². The fourth-order valence-corrected chi connectivity index (χ4v) is 1.25. The predicted octanol–water partition coefficient (Wildman–Crippen LogP) is -2.17. The summed E-state index contributed by atoms with van der Waals surface area (Å²) in [7, 11) is 0. The van der Waals surface area contributed by atoms with Gasteiger partial charge in [-0.1, -0.05) is 0 Å². The first kappa shape index (κ1) is 7.23. The Balaban J connectivity index is 2.43. The minimum atomic E-state index is -1.13. The van der Waals surface area contributed by atoms with Crippen LogP contribution in [0.1, 0.15) is 0 Å². The summed E-state index contributed by atoms with van der Waals surface area (Å²) < 4.78 is 0. The van der Waals surface area contributed by atoms with Crippen molar-refractivity contribution in [2.24, 2.45) is 9.98 Å². The summed E-state index contributed by atoms with van der Waals surface area (Å²) in [5, 5.41) is 14.2. The maximum atomic E-state index is 11.3. The van der Waals surface area contributed by atoms with E-state index in [1.807, 2.05) is 0 Å². The molecule has 0 aromatic rings. The van der Waals surface area contributed by atoms with Crippen molar-refractivity contribution in [1.29, 1.82) is 0 Å². The molecule has 0 bridgehead atoms. The number of aliphatic hydroxyl groups is 1. The molecule has 0 saturated heterocycles. The largest absolute Gasteiger partial charge is 0.393 e. The number of fused-ring (bicyclic) bond motifs is 1. The minimum absolute atomic E-state index is 0.231. The molecule has 1 atom stereocenters. The fraction of sp³-hybridized carbons (Fsp3) is 0.500. The molecule has 0 fully saturated rings. The van der Waals surface area contributed by atoms with E-state index in [0.29, 0.717) is 5.84 Å². The molecule has 0 aromatic heterocycles. The Morgan fingerprint density at radius 1 is 1.75 bits per heavy atom. The van der Waals surface area contributed by atoms with Crippen molar-refractivity contribution in [3.05, 3.63) is 0 Å². The fourth-order valence-electron chi connectivity index (χ4n) is 1.25. The minimum Gasteiger partial charge on any atom is -0.393 e. The number of carbonyl (C=O) groups is 1. The van der Waals surface area contributed by atoms with Gasteiger partial charge in [0, 0.05) is 0 Å². The van der Waals surface area contributed by atoms with E-state index in [1.165, 1.54) is 6.34 Å². The Labute approximate surface area is 68.4 Å². The topological polar surface area (TPSA) is 86.1 Å². The third kappa shape index (κ3) is 0.696. The van der Waals surface area contributed by atoms with Crippen LogP contribution in [0.5, 0.6) is 0 Å². The molecule has 2 aliphatic heterocycles. The van der Waals surface area contributed by atoms with Gasteiger partial charge in [0.2, 0.25) is 5.54 Å². The van der Waals surface area contributed by atoms with Crippen molar-refractivity contribution < 1.29 is 9.90 Å². The molecule has 3 N–H and O–H groups in total. The Bertz CT molecular complexity index is 285. The zero-order valence-electron chi connectivity index (χ0n) is 6.24. The summed E-state index contributed by atoms with van der Waals surface area (Å²) in [5.41, 5.74) is -1.13. The van der Waals surface area contributed by atoms with Crippen LogP contribution in [0.2, 0.25) is 0 Å². The van der Waals surface area contributed by atoms with Gasteiger partial charge < -0.3 is 15.7 Å². The second-order valence-electron chi connectivity index (χ2n) is 2.61. The molecular weight excluding hydrogens is 160 g/mol. The van der Waals surface area contributed by atoms with Gasteiger partial charge in [-0.05, 0) is 0 Å². The summed E-state index contributed by atoms with van der Waals surface area (Å²) in [6, 6.07) is 0. The number of nitrogens with one attached hydrogen (secondary N) is 2. The van der Waals surface area contributed by atoms with Gasteiger partial charge in [0.15, 0.2) is 5.84 Å². The number of carbonyl (C=O) groups excluding carboxylic acids is 1. The average Bonchev–Trinajstić information content (AvgIpc) is 2.50. The number of amidine groups is 1. The lowest BCUT2D eigenvalue weighted by molar-refractivity contribution is -0.126. The molecule has 0 saturated carbocycles. The summed E-state index contributed by atoms with van der Waals surface area (Å²) in [5.74, 6) is 0.0706. The van der Waals surface area contributed by atoms with Crippen molar-refractivity contribution in [3.8, 4) is 0 Å². The molecule has 0 aliphatic carbocycles. The highest BCUT2D eigenvalue weighted by atomic mass is 16.3. The Morgan fingerprint density at radius 3 is 3.25 bits per heavy atom. The van der Waals surface area contributed by atoms with E-state index >= 15 is 0 Å². The van der Waals surface area contributed by atoms with E-state index in [9.17, 15) is 4.79 Å². The molecule has 64 valence electrons. The summed E-state index contributed by atoms with van der Waals surface area (Å²) in [4.78, 5) is 19.1. The van der Waals surface area contributed by atoms with Crippen LogP contribution in [0.25, 0.3) is 0 Å². The number of rotatable bonds is 1. The Morgan fingerprint density at radius 2 is 2.58 bits per heavy atom. The molecular formula is C6H8N4O2. The van der Waals surface area contributed by atoms with E-state index in [4.69, 9.17) is 5.11 Å². The van der Waals surface area contributed by atoms with Gasteiger partial charge in [0.25, 0.3) is 5.91 Å². The Hall–Kier alpha value is -1.43. The highest BCUT2D eigenvalue weighted by Gasteiger charge is 2.47. The summed E-state index contributed by atoms with van der Waals surface area (Å²) in [6.07, 6.45) is 1.37. The van der Waals surface area contributed by atoms with Crippen molar-refractivity contribution in [2.45, 2.75) is 5.54 Å². The first-order chi connectivity index (χ1) is 5.79. The molecule has 0 radical (unpaired) electrons. The molecule has 2 heterocycles. The van der Waals surface area contributed by atoms with Gasteiger partial charge in [-0.15, -0.1) is 0 Å². The molecule has 2 rings (SSSR count). The first-order valence-electron chi connectivity index (χ1n) is 3.54. The molecule has 2 aliphatic rings. The number of nitrogens with zero attached hydrogens (tertiary/aromatic N) is 2. The number of hydrogen-bond acceptors (Lipinski definition) is 5. The third-order valence-corrected chi connectivity index (χ3v) is 1.97. The van der Waals surface area contributed by atoms with Gasteiger partial charge in [0.05, 0.1) is 12.9 Å². The van der Waals surface area contributed by atoms with Gasteiger partial charge in [-0.2, -0.15) is 0 Å². The average molecular weight is 168 g/mol. The standard InChI is InChI=1S/C6H8N4O2/c11-1-6-4(8-3-10-6)7-2-9-5(6)12/h3,11H,1-2H2,(H,9,12)(H,7,8,10). The SMILES string of the molecule is O=C1NCN=C2N=CNC12CO. The summed E-state index contributed by atoms with van der Waals surface area (Å²) in [6.45, 7) is -0.105. The smallest absolute Gasteiger partial charge is 0.257 e. The van der Waals surface area contributed by atoms with Crippen LogP contribution in [0.15, 0.2) is 9.98 Å². The van der Waals surface area contributed by atoms with E-state index in [0.717, 1.165) is 0 Å². The molecule has 0 aromatic carbocycles. The predicted molar refractivity (Wildman–Crippen MR) is 41.9 cm³/mol. The number of aliphatic hydroxyl groups excluding tert-OH is 1. The van der Waals surface area contributed by atoms with Crippen molar-refractivity contribution in [3.63, 3.8) is 0 Å². The molecule has 1 amide bonds. The van der Waals surface area contributed by atoms with Crippen LogP contribution in [-0.4, -0.2) is 42.0 Å². The highest BCUT2D eigenvalue weighted by molar-refractivity contribution is 6.19. The Kier molecular flexibility index (Phi) is 1.37. The first-order valence-corrected chi connectivity index (χ1v) is 3.54. The molecule has 12 heavy (non-hydrogen) atoms. The van der Waals surface area contributed by atoms with Gasteiger partial charge in [-0.25, -0.2) is 9.98 Å². The number of amides is 1. The lowest BCUT2D eigenvalue weighted by atomic mass is 9.98. The monoisotopic (exact) mass is 168 g/mol. The van der Waals surface area contributed by atoms with Crippen LogP contribution >= 0.6 is 0 Å². The second-order valence-corrected chi connectivity index (χ2v) is 2.61. The van der Waals surface area contributed by atoms with Crippen molar-refractivity contribution >= 4 is 18.1 Å². The summed E-state index contributed by atoms with van der Waals surface area (Å²) >= 11 is 0. The molecule has 6 nitrogen and oxygen atoms in total. The van der Waals surface area contributed by atoms with Crippen molar-refractivity contribution in [2.75, 3.05) is 13.3 Å². The van der Waals surface area contributed by atoms with E-state index in [1.54, 1.807) is 0 Å². The quantitative estimate of drug-likeness (QED) is 0.416. The van der Waals surface area contributed by atoms with Gasteiger partial charge in [0.1, 0.15) is 6.67 Å². The van der Waals surface area contributed by atoms with E-state index in [-0.39, 0.29) is 19.2 Å². The third-order valence-electron chi connectivity index (χ3n) is 1.97. The van der Waals surface area contributed by atoms with Crippen LogP contribution in [0, 0.1) is 0 Å². The van der Waals surface area contributed by atoms with Gasteiger partial charge >= 0.3 is 0 Å². The normalized spacial score (nSPS) is 32.1. The van der Waals surface area contributed by atoms with Crippen molar-refractivity contribution in [1.82, 2.24) is 10.6 Å². The van der Waals surface area contributed by atoms with Crippen LogP contribution < -0.4 is 10.6 Å². The molecule has 0 spiro atoms. The maximum Gasteiger partial charge on any atom is 0.257 e. The number of aliphatic imine (C=N–C) groups is 2. The zero-order valence-corrected chi connectivity index (χ0v) is 6.24. The van der Waals surface area contributed by atoms with Crippen LogP contribution in [0.4, 0.5) is 0 Å².